The van der Waals surface area contributed by atoms with E-state index in [9.17, 15) is 14.9 Å². The molecule has 0 aliphatic carbocycles. The van der Waals surface area contributed by atoms with E-state index in [0.717, 1.165) is 18.5 Å². The molecule has 2 rings (SSSR count). The van der Waals surface area contributed by atoms with E-state index in [2.05, 4.69) is 10.6 Å². The fourth-order valence-electron chi connectivity index (χ4n) is 2.35. The van der Waals surface area contributed by atoms with Crippen LogP contribution in [0.5, 0.6) is 0 Å². The molecule has 2 N–H and O–H groups in total. The van der Waals surface area contributed by atoms with Crippen LogP contribution >= 0.6 is 0 Å². The molecule has 0 radical (unpaired) electrons. The number of carbonyl (C=O) groups excluding carboxylic acids is 1. The van der Waals surface area contributed by atoms with E-state index in [0.29, 0.717) is 0 Å². The third-order valence-electron chi connectivity index (χ3n) is 3.47. The van der Waals surface area contributed by atoms with Gasteiger partial charge in [0, 0.05) is 12.1 Å². The molecule has 1 amide bonds. The molecule has 1 fully saturated rings. The number of rotatable bonds is 3. The van der Waals surface area contributed by atoms with E-state index < -0.39 is 4.92 Å². The maximum Gasteiger partial charge on any atom is 0.292 e. The molecule has 6 heteroatoms. The first-order valence-electron chi connectivity index (χ1n) is 6.28. The van der Waals surface area contributed by atoms with Crippen LogP contribution in [0.1, 0.15) is 18.9 Å². The molecule has 1 aromatic rings. The molecule has 0 saturated carbocycles. The molecular weight excluding hydrogens is 246 g/mol. The lowest BCUT2D eigenvalue weighted by atomic mass is 10.0. The highest BCUT2D eigenvalue weighted by Crippen LogP contribution is 2.27. The molecule has 19 heavy (non-hydrogen) atoms. The van der Waals surface area contributed by atoms with Crippen molar-refractivity contribution in [1.82, 2.24) is 5.32 Å². The van der Waals surface area contributed by atoms with Crippen molar-refractivity contribution in [3.8, 4) is 0 Å². The van der Waals surface area contributed by atoms with E-state index in [1.165, 1.54) is 6.07 Å². The van der Waals surface area contributed by atoms with Gasteiger partial charge in [0.25, 0.3) is 5.69 Å². The zero-order valence-electron chi connectivity index (χ0n) is 11.0. The summed E-state index contributed by atoms with van der Waals surface area (Å²) in [6.45, 7) is 4.58. The second kappa shape index (κ2) is 5.36. The SMILES string of the molecule is Cc1ccc([N+](=O)[O-])c(NC(=O)C2CCNC2C)c1. The minimum atomic E-state index is -0.481. The number of nitro groups is 1. The molecule has 2 atom stereocenters. The number of benzene rings is 1. The molecule has 1 heterocycles. The fourth-order valence-corrected chi connectivity index (χ4v) is 2.35. The number of carbonyl (C=O) groups is 1. The smallest absolute Gasteiger partial charge is 0.292 e. The van der Waals surface area contributed by atoms with Gasteiger partial charge in [-0.15, -0.1) is 0 Å². The lowest BCUT2D eigenvalue weighted by Crippen LogP contribution is -2.32. The molecule has 2 unspecified atom stereocenters. The standard InChI is InChI=1S/C13H17N3O3/c1-8-3-4-12(16(18)19)11(7-8)15-13(17)10-5-6-14-9(10)2/h3-4,7,9-10,14H,5-6H2,1-2H3,(H,15,17). The normalized spacial score (nSPS) is 22.2. The number of nitrogens with zero attached hydrogens (tertiary/aromatic N) is 1. The van der Waals surface area contributed by atoms with Crippen molar-refractivity contribution in [2.24, 2.45) is 5.92 Å². The largest absolute Gasteiger partial charge is 0.320 e. The lowest BCUT2D eigenvalue weighted by molar-refractivity contribution is -0.383. The van der Waals surface area contributed by atoms with Crippen molar-refractivity contribution in [3.05, 3.63) is 33.9 Å². The van der Waals surface area contributed by atoms with Gasteiger partial charge in [-0.25, -0.2) is 0 Å². The van der Waals surface area contributed by atoms with E-state index in [1.807, 2.05) is 13.8 Å². The van der Waals surface area contributed by atoms with Crippen molar-refractivity contribution in [2.45, 2.75) is 26.3 Å². The number of hydrogen-bond acceptors (Lipinski definition) is 4. The number of nitrogens with one attached hydrogen (secondary N) is 2. The summed E-state index contributed by atoms with van der Waals surface area (Å²) in [6.07, 6.45) is 0.757. The topological polar surface area (TPSA) is 84.3 Å². The summed E-state index contributed by atoms with van der Waals surface area (Å²) in [5, 5.41) is 16.8. The zero-order valence-corrected chi connectivity index (χ0v) is 11.0. The average Bonchev–Trinajstić information content (AvgIpc) is 2.75. The van der Waals surface area contributed by atoms with Crippen LogP contribution in [0.3, 0.4) is 0 Å². The molecule has 1 saturated heterocycles. The average molecular weight is 263 g/mol. The Hall–Kier alpha value is -1.95. The lowest BCUT2D eigenvalue weighted by Gasteiger charge is -2.15. The van der Waals surface area contributed by atoms with Crippen molar-refractivity contribution in [3.63, 3.8) is 0 Å². The summed E-state index contributed by atoms with van der Waals surface area (Å²) < 4.78 is 0. The van der Waals surface area contributed by atoms with E-state index in [-0.39, 0.29) is 29.2 Å². The summed E-state index contributed by atoms with van der Waals surface area (Å²) in [7, 11) is 0. The van der Waals surface area contributed by atoms with Crippen LogP contribution in [0.25, 0.3) is 0 Å². The Kier molecular flexibility index (Phi) is 3.80. The monoisotopic (exact) mass is 263 g/mol. The van der Waals surface area contributed by atoms with Crippen molar-refractivity contribution >= 4 is 17.3 Å². The van der Waals surface area contributed by atoms with Gasteiger partial charge in [-0.05, 0) is 38.4 Å². The summed E-state index contributed by atoms with van der Waals surface area (Å²) in [5.41, 5.74) is 1.07. The van der Waals surface area contributed by atoms with Gasteiger partial charge in [-0.3, -0.25) is 14.9 Å². The minimum absolute atomic E-state index is 0.0717. The first kappa shape index (κ1) is 13.5. The molecule has 102 valence electrons. The molecule has 1 aliphatic rings. The highest BCUT2D eigenvalue weighted by Gasteiger charge is 2.30. The van der Waals surface area contributed by atoms with Crippen molar-refractivity contribution in [1.29, 1.82) is 0 Å². The molecule has 1 aliphatic heterocycles. The Bertz CT molecular complexity index is 516. The highest BCUT2D eigenvalue weighted by atomic mass is 16.6. The van der Waals surface area contributed by atoms with E-state index in [4.69, 9.17) is 0 Å². The molecule has 0 aromatic heterocycles. The first-order chi connectivity index (χ1) is 8.99. The van der Waals surface area contributed by atoms with Crippen LogP contribution in [-0.4, -0.2) is 23.4 Å². The maximum atomic E-state index is 12.1. The van der Waals surface area contributed by atoms with Crippen LogP contribution in [0.2, 0.25) is 0 Å². The fraction of sp³-hybridized carbons (Fsp3) is 0.462. The number of aryl methyl sites for hydroxylation is 1. The van der Waals surface area contributed by atoms with Gasteiger partial charge >= 0.3 is 0 Å². The minimum Gasteiger partial charge on any atom is -0.320 e. The molecule has 0 spiro atoms. The molecule has 1 aromatic carbocycles. The second-order valence-corrected chi connectivity index (χ2v) is 4.90. The third-order valence-corrected chi connectivity index (χ3v) is 3.47. The van der Waals surface area contributed by atoms with Crippen LogP contribution < -0.4 is 10.6 Å². The predicted octanol–water partition coefficient (Wildman–Crippen LogP) is 1.84. The Balaban J connectivity index is 2.20. The molecule has 6 nitrogen and oxygen atoms in total. The van der Waals surface area contributed by atoms with Gasteiger partial charge in [0.1, 0.15) is 5.69 Å². The quantitative estimate of drug-likeness (QED) is 0.643. The summed E-state index contributed by atoms with van der Waals surface area (Å²) in [6, 6.07) is 4.81. The number of nitro benzene ring substituents is 1. The zero-order chi connectivity index (χ0) is 14.0. The third kappa shape index (κ3) is 2.90. The van der Waals surface area contributed by atoms with Crippen LogP contribution in [0, 0.1) is 23.0 Å². The number of amides is 1. The Morgan fingerprint density at radius 1 is 1.53 bits per heavy atom. The van der Waals surface area contributed by atoms with Gasteiger partial charge in [0.2, 0.25) is 5.91 Å². The predicted molar refractivity (Wildman–Crippen MR) is 72.0 cm³/mol. The Morgan fingerprint density at radius 3 is 2.84 bits per heavy atom. The Labute approximate surface area is 111 Å². The second-order valence-electron chi connectivity index (χ2n) is 4.90. The molecule has 0 bridgehead atoms. The number of hydrogen-bond donors (Lipinski definition) is 2. The summed E-state index contributed by atoms with van der Waals surface area (Å²) in [5.74, 6) is -0.300. The van der Waals surface area contributed by atoms with Gasteiger partial charge < -0.3 is 10.6 Å². The van der Waals surface area contributed by atoms with Crippen molar-refractivity contribution in [2.75, 3.05) is 11.9 Å². The molecular formula is C13H17N3O3. The van der Waals surface area contributed by atoms with Gasteiger partial charge in [0.15, 0.2) is 0 Å². The van der Waals surface area contributed by atoms with E-state index in [1.54, 1.807) is 12.1 Å². The maximum absolute atomic E-state index is 12.1. The van der Waals surface area contributed by atoms with Gasteiger partial charge in [-0.1, -0.05) is 6.07 Å². The van der Waals surface area contributed by atoms with Crippen molar-refractivity contribution < 1.29 is 9.72 Å². The first-order valence-corrected chi connectivity index (χ1v) is 6.28. The van der Waals surface area contributed by atoms with Gasteiger partial charge in [-0.2, -0.15) is 0 Å². The van der Waals surface area contributed by atoms with Crippen LogP contribution in [0.4, 0.5) is 11.4 Å². The van der Waals surface area contributed by atoms with Crippen LogP contribution in [0.15, 0.2) is 18.2 Å². The highest BCUT2D eigenvalue weighted by molar-refractivity contribution is 5.95. The summed E-state index contributed by atoms with van der Waals surface area (Å²) >= 11 is 0. The van der Waals surface area contributed by atoms with Gasteiger partial charge in [0.05, 0.1) is 10.8 Å². The van der Waals surface area contributed by atoms with E-state index >= 15 is 0 Å². The Morgan fingerprint density at radius 2 is 2.26 bits per heavy atom. The number of anilines is 1. The van der Waals surface area contributed by atoms with Crippen LogP contribution in [-0.2, 0) is 4.79 Å². The summed E-state index contributed by atoms with van der Waals surface area (Å²) in [4.78, 5) is 22.6.